The van der Waals surface area contributed by atoms with E-state index < -0.39 is 17.4 Å². The van der Waals surface area contributed by atoms with Crippen molar-refractivity contribution in [1.29, 1.82) is 0 Å². The van der Waals surface area contributed by atoms with Crippen molar-refractivity contribution in [2.45, 2.75) is 39.2 Å². The van der Waals surface area contributed by atoms with Crippen LogP contribution in [0.4, 0.5) is 0 Å². The zero-order valence-corrected chi connectivity index (χ0v) is 9.90. The summed E-state index contributed by atoms with van der Waals surface area (Å²) in [5.41, 5.74) is 4.86. The fourth-order valence-electron chi connectivity index (χ4n) is 1.91. The summed E-state index contributed by atoms with van der Waals surface area (Å²) >= 11 is 0. The van der Waals surface area contributed by atoms with E-state index in [1.807, 2.05) is 0 Å². The quantitative estimate of drug-likeness (QED) is 0.734. The molecule has 5 nitrogen and oxygen atoms in total. The molecule has 0 aromatic heterocycles. The van der Waals surface area contributed by atoms with Gasteiger partial charge < -0.3 is 15.7 Å². The minimum Gasteiger partial charge on any atom is -0.480 e. The van der Waals surface area contributed by atoms with Gasteiger partial charge in [-0.05, 0) is 33.1 Å². The molecule has 0 saturated carbocycles. The number of nitrogens with two attached hydrogens (primary N) is 1. The van der Waals surface area contributed by atoms with Gasteiger partial charge in [-0.25, -0.2) is 4.79 Å². The number of nitrogens with zero attached hydrogens (tertiary/aromatic N) is 1. The zero-order chi connectivity index (χ0) is 12.3. The summed E-state index contributed by atoms with van der Waals surface area (Å²) in [5, 5.41) is 9.07. The van der Waals surface area contributed by atoms with Crippen LogP contribution in [0.1, 0.15) is 33.1 Å². The van der Waals surface area contributed by atoms with Gasteiger partial charge in [0.1, 0.15) is 6.04 Å². The molecule has 0 aromatic rings. The zero-order valence-electron chi connectivity index (χ0n) is 9.90. The monoisotopic (exact) mass is 228 g/mol. The number of hydrogen-bond donors (Lipinski definition) is 2. The maximum Gasteiger partial charge on any atom is 0.326 e. The Hall–Kier alpha value is -1.10. The number of aliphatic carboxylic acids is 1. The largest absolute Gasteiger partial charge is 0.480 e. The molecule has 16 heavy (non-hydrogen) atoms. The molecule has 3 N–H and O–H groups in total. The van der Waals surface area contributed by atoms with Gasteiger partial charge in [0, 0.05) is 13.1 Å². The van der Waals surface area contributed by atoms with Crippen LogP contribution in [0.5, 0.6) is 0 Å². The predicted molar refractivity (Wildman–Crippen MR) is 59.8 cm³/mol. The first-order chi connectivity index (χ1) is 7.40. The van der Waals surface area contributed by atoms with E-state index in [0.717, 1.165) is 12.8 Å². The van der Waals surface area contributed by atoms with Gasteiger partial charge in [-0.2, -0.15) is 0 Å². The van der Waals surface area contributed by atoms with Crippen molar-refractivity contribution in [1.82, 2.24) is 4.90 Å². The molecule has 1 rings (SSSR count). The lowest BCUT2D eigenvalue weighted by Crippen LogP contribution is -2.53. The van der Waals surface area contributed by atoms with Gasteiger partial charge in [0.2, 0.25) is 5.91 Å². The van der Waals surface area contributed by atoms with Crippen LogP contribution in [-0.4, -0.2) is 41.0 Å². The Labute approximate surface area is 95.6 Å². The minimum absolute atomic E-state index is 0.151. The van der Waals surface area contributed by atoms with Crippen molar-refractivity contribution in [3.8, 4) is 0 Å². The highest BCUT2D eigenvalue weighted by Gasteiger charge is 2.38. The maximum absolute atomic E-state index is 12.1. The summed E-state index contributed by atoms with van der Waals surface area (Å²) in [4.78, 5) is 24.7. The van der Waals surface area contributed by atoms with Crippen LogP contribution in [-0.2, 0) is 9.59 Å². The van der Waals surface area contributed by atoms with Gasteiger partial charge in [0.25, 0.3) is 0 Å². The number of carboxylic acid groups (broad SMARTS) is 1. The van der Waals surface area contributed by atoms with Crippen LogP contribution in [0.25, 0.3) is 0 Å². The number of amides is 1. The molecule has 1 saturated heterocycles. The van der Waals surface area contributed by atoms with Gasteiger partial charge >= 0.3 is 5.97 Å². The van der Waals surface area contributed by atoms with E-state index in [1.165, 1.54) is 4.90 Å². The molecule has 0 spiro atoms. The lowest BCUT2D eigenvalue weighted by molar-refractivity contribution is -0.156. The number of hydrogen-bond acceptors (Lipinski definition) is 3. The second-order valence-corrected chi connectivity index (χ2v) is 4.94. The van der Waals surface area contributed by atoms with Crippen LogP contribution >= 0.6 is 0 Å². The highest BCUT2D eigenvalue weighted by Crippen LogP contribution is 2.24. The van der Waals surface area contributed by atoms with Gasteiger partial charge in [-0.15, -0.1) is 0 Å². The third-order valence-electron chi connectivity index (χ3n) is 3.14. The van der Waals surface area contributed by atoms with E-state index in [1.54, 1.807) is 13.8 Å². The molecule has 0 aliphatic carbocycles. The molecule has 1 aliphatic heterocycles. The molecule has 0 aromatic carbocycles. The lowest BCUT2D eigenvalue weighted by Gasteiger charge is -2.37. The molecular formula is C11H20N2O3. The third kappa shape index (κ3) is 2.52. The minimum atomic E-state index is -0.916. The molecule has 1 amide bonds. The summed E-state index contributed by atoms with van der Waals surface area (Å²) in [6, 6.07) is -0.674. The average molecular weight is 228 g/mol. The summed E-state index contributed by atoms with van der Waals surface area (Å²) in [7, 11) is 0. The van der Waals surface area contributed by atoms with E-state index in [4.69, 9.17) is 10.8 Å². The van der Waals surface area contributed by atoms with E-state index in [2.05, 4.69) is 0 Å². The molecule has 92 valence electrons. The van der Waals surface area contributed by atoms with Gasteiger partial charge in [0.15, 0.2) is 0 Å². The van der Waals surface area contributed by atoms with E-state index in [-0.39, 0.29) is 12.5 Å². The molecular weight excluding hydrogens is 208 g/mol. The second kappa shape index (κ2) is 4.82. The summed E-state index contributed by atoms with van der Waals surface area (Å²) in [6.45, 7) is 4.26. The molecule has 1 heterocycles. The van der Waals surface area contributed by atoms with E-state index in [0.29, 0.717) is 13.0 Å². The predicted octanol–water partition coefficient (Wildman–Crippen LogP) is 0.437. The van der Waals surface area contributed by atoms with Crippen molar-refractivity contribution in [2.24, 2.45) is 11.1 Å². The molecule has 5 heteroatoms. The molecule has 0 unspecified atom stereocenters. The van der Waals surface area contributed by atoms with Crippen LogP contribution in [0.3, 0.4) is 0 Å². The molecule has 1 fully saturated rings. The Morgan fingerprint density at radius 1 is 1.44 bits per heavy atom. The van der Waals surface area contributed by atoms with Crippen molar-refractivity contribution < 1.29 is 14.7 Å². The Bertz CT molecular complexity index is 289. The number of rotatable bonds is 3. The number of carbonyl (C=O) groups excluding carboxylic acids is 1. The van der Waals surface area contributed by atoms with Crippen molar-refractivity contribution >= 4 is 11.9 Å². The first-order valence-electron chi connectivity index (χ1n) is 5.64. The van der Waals surface area contributed by atoms with Crippen molar-refractivity contribution in [3.63, 3.8) is 0 Å². The van der Waals surface area contributed by atoms with Gasteiger partial charge in [0.05, 0.1) is 5.41 Å². The van der Waals surface area contributed by atoms with Gasteiger partial charge in [-0.1, -0.05) is 0 Å². The van der Waals surface area contributed by atoms with Crippen molar-refractivity contribution in [2.75, 3.05) is 13.1 Å². The maximum atomic E-state index is 12.1. The smallest absolute Gasteiger partial charge is 0.326 e. The Balaban J connectivity index is 2.83. The first kappa shape index (κ1) is 13.0. The third-order valence-corrected chi connectivity index (χ3v) is 3.14. The molecule has 0 radical (unpaired) electrons. The standard InChI is InChI=1S/C11H20N2O3/c1-11(2,7-12)10(16)13-6-4-3-5-8(13)9(14)15/h8H,3-7,12H2,1-2H3,(H,14,15)/t8-/m1/s1. The fraction of sp³-hybridized carbons (Fsp3) is 0.818. The first-order valence-corrected chi connectivity index (χ1v) is 5.64. The van der Waals surface area contributed by atoms with Crippen LogP contribution < -0.4 is 5.73 Å². The Morgan fingerprint density at radius 3 is 2.56 bits per heavy atom. The number of piperidine rings is 1. The van der Waals surface area contributed by atoms with Crippen LogP contribution in [0.15, 0.2) is 0 Å². The summed E-state index contributed by atoms with van der Waals surface area (Å²) in [5.74, 6) is -1.07. The topological polar surface area (TPSA) is 83.6 Å². The summed E-state index contributed by atoms with van der Waals surface area (Å²) in [6.07, 6.45) is 2.28. The van der Waals surface area contributed by atoms with Crippen molar-refractivity contribution in [3.05, 3.63) is 0 Å². The highest BCUT2D eigenvalue weighted by molar-refractivity contribution is 5.87. The number of likely N-dealkylation sites (tertiary alicyclic amines) is 1. The average Bonchev–Trinajstić information content (AvgIpc) is 2.28. The highest BCUT2D eigenvalue weighted by atomic mass is 16.4. The summed E-state index contributed by atoms with van der Waals surface area (Å²) < 4.78 is 0. The SMILES string of the molecule is CC(C)(CN)C(=O)N1CCCC[C@@H]1C(=O)O. The van der Waals surface area contributed by atoms with Crippen LogP contribution in [0.2, 0.25) is 0 Å². The Morgan fingerprint density at radius 2 is 2.06 bits per heavy atom. The lowest BCUT2D eigenvalue weighted by atomic mass is 9.89. The fourth-order valence-corrected chi connectivity index (χ4v) is 1.91. The molecule has 1 aliphatic rings. The molecule has 1 atom stereocenters. The number of carbonyl (C=O) groups is 2. The molecule has 0 bridgehead atoms. The Kier molecular flexibility index (Phi) is 3.91. The van der Waals surface area contributed by atoms with E-state index in [9.17, 15) is 9.59 Å². The normalized spacial score (nSPS) is 21.9. The number of carboxylic acids is 1. The second-order valence-electron chi connectivity index (χ2n) is 4.94. The van der Waals surface area contributed by atoms with E-state index >= 15 is 0 Å². The van der Waals surface area contributed by atoms with Crippen LogP contribution in [0, 0.1) is 5.41 Å². The van der Waals surface area contributed by atoms with Gasteiger partial charge in [-0.3, -0.25) is 4.79 Å².